The lowest BCUT2D eigenvalue weighted by Crippen LogP contribution is -2.31. The molecule has 1 N–H and O–H groups in total. The van der Waals surface area contributed by atoms with Crippen LogP contribution < -0.4 is 10.1 Å². The molecule has 0 atom stereocenters. The summed E-state index contributed by atoms with van der Waals surface area (Å²) < 4.78 is 7.31. The van der Waals surface area contributed by atoms with Gasteiger partial charge < -0.3 is 10.1 Å². The first-order valence-corrected chi connectivity index (χ1v) is 8.15. The molecule has 1 heterocycles. The smallest absolute Gasteiger partial charge is 0.230 e. The maximum Gasteiger partial charge on any atom is 0.230 e. The number of nitrogens with zero attached hydrogens (tertiary/aromatic N) is 3. The summed E-state index contributed by atoms with van der Waals surface area (Å²) in [7, 11) is 0. The Morgan fingerprint density at radius 2 is 2.18 bits per heavy atom. The maximum atomic E-state index is 11.8. The molecule has 1 aromatic carbocycles. The molecule has 1 aromatic heterocycles. The van der Waals surface area contributed by atoms with E-state index in [1.807, 2.05) is 45.0 Å². The van der Waals surface area contributed by atoms with Crippen molar-refractivity contribution in [2.45, 2.75) is 31.8 Å². The Bertz CT molecular complexity index is 628. The second-order valence-corrected chi connectivity index (χ2v) is 5.89. The molecule has 0 aliphatic carbocycles. The largest absolute Gasteiger partial charge is 0.492 e. The van der Waals surface area contributed by atoms with Gasteiger partial charge in [-0.1, -0.05) is 29.1 Å². The normalized spacial score (nSPS) is 10.7. The van der Waals surface area contributed by atoms with Gasteiger partial charge in [0.05, 0.1) is 18.6 Å². The Labute approximate surface area is 134 Å². The number of rotatable bonds is 7. The van der Waals surface area contributed by atoms with Crippen molar-refractivity contribution < 1.29 is 9.53 Å². The van der Waals surface area contributed by atoms with E-state index in [1.165, 1.54) is 11.8 Å². The first kappa shape index (κ1) is 16.4. The van der Waals surface area contributed by atoms with Crippen LogP contribution in [0.1, 0.15) is 20.8 Å². The van der Waals surface area contributed by atoms with E-state index in [2.05, 4.69) is 15.6 Å². The average Bonchev–Trinajstić information content (AvgIpc) is 2.93. The Kier molecular flexibility index (Phi) is 5.83. The number of carbonyl (C=O) groups excluding carboxylic acids is 1. The molecule has 1 amide bonds. The molecule has 0 unspecified atom stereocenters. The van der Waals surface area contributed by atoms with Crippen molar-refractivity contribution in [3.05, 3.63) is 30.5 Å². The number of thioether (sulfide) groups is 1. The Hall–Kier alpha value is -2.02. The van der Waals surface area contributed by atoms with Crippen LogP contribution in [0.2, 0.25) is 0 Å². The minimum Gasteiger partial charge on any atom is -0.492 e. The highest BCUT2D eigenvalue weighted by Gasteiger charge is 2.13. The third kappa shape index (κ3) is 4.24. The summed E-state index contributed by atoms with van der Waals surface area (Å²) in [5.41, 5.74) is 0.814. The van der Waals surface area contributed by atoms with Gasteiger partial charge in [0, 0.05) is 6.04 Å². The van der Waals surface area contributed by atoms with Gasteiger partial charge in [0.1, 0.15) is 16.5 Å². The van der Waals surface area contributed by atoms with Crippen LogP contribution in [-0.4, -0.2) is 39.3 Å². The first-order valence-electron chi connectivity index (χ1n) is 7.17. The molecule has 2 rings (SSSR count). The lowest BCUT2D eigenvalue weighted by Gasteiger charge is -2.12. The molecule has 0 saturated heterocycles. The van der Waals surface area contributed by atoms with Crippen LogP contribution in [0.3, 0.4) is 0 Å². The molecule has 0 bridgehead atoms. The number of hydrogen-bond acceptors (Lipinski definition) is 5. The average molecular weight is 320 g/mol. The quantitative estimate of drug-likeness (QED) is 0.793. The van der Waals surface area contributed by atoms with E-state index < -0.39 is 0 Å². The number of nitrogens with one attached hydrogen (secondary N) is 1. The van der Waals surface area contributed by atoms with Crippen molar-refractivity contribution in [3.8, 4) is 11.4 Å². The molecule has 0 fully saturated rings. The number of aromatic nitrogens is 3. The molecule has 22 heavy (non-hydrogen) atoms. The molecule has 0 aliphatic heterocycles. The van der Waals surface area contributed by atoms with Crippen LogP contribution in [0, 0.1) is 0 Å². The second kappa shape index (κ2) is 7.84. The Balaban J connectivity index is 2.14. The molecular weight excluding hydrogens is 300 g/mol. The highest BCUT2D eigenvalue weighted by atomic mass is 32.2. The van der Waals surface area contributed by atoms with Crippen molar-refractivity contribution >= 4 is 17.7 Å². The number of amides is 1. The van der Waals surface area contributed by atoms with E-state index in [4.69, 9.17) is 4.74 Å². The highest BCUT2D eigenvalue weighted by Crippen LogP contribution is 2.26. The lowest BCUT2D eigenvalue weighted by atomic mass is 10.3. The van der Waals surface area contributed by atoms with E-state index in [0.29, 0.717) is 12.4 Å². The van der Waals surface area contributed by atoms with Crippen molar-refractivity contribution in [2.24, 2.45) is 0 Å². The van der Waals surface area contributed by atoms with Gasteiger partial charge in [-0.25, -0.2) is 4.68 Å². The summed E-state index contributed by atoms with van der Waals surface area (Å²) in [5, 5.41) is 11.7. The SMILES string of the molecule is CCOc1ccccc1-n1nncc1SCC(=O)NC(C)C. The lowest BCUT2D eigenvalue weighted by molar-refractivity contribution is -0.119. The second-order valence-electron chi connectivity index (χ2n) is 4.90. The third-order valence-electron chi connectivity index (χ3n) is 2.71. The summed E-state index contributed by atoms with van der Waals surface area (Å²) in [6.45, 7) is 6.38. The van der Waals surface area contributed by atoms with Crippen LogP contribution >= 0.6 is 11.8 Å². The van der Waals surface area contributed by atoms with Gasteiger partial charge in [0.15, 0.2) is 0 Å². The Morgan fingerprint density at radius 1 is 1.41 bits per heavy atom. The number of hydrogen-bond donors (Lipinski definition) is 1. The van der Waals surface area contributed by atoms with E-state index >= 15 is 0 Å². The molecule has 118 valence electrons. The zero-order valence-electron chi connectivity index (χ0n) is 12.9. The van der Waals surface area contributed by atoms with Crippen molar-refractivity contribution in [1.82, 2.24) is 20.3 Å². The van der Waals surface area contributed by atoms with Crippen LogP contribution in [0.4, 0.5) is 0 Å². The summed E-state index contributed by atoms with van der Waals surface area (Å²) in [4.78, 5) is 11.8. The van der Waals surface area contributed by atoms with Crippen molar-refractivity contribution in [1.29, 1.82) is 0 Å². The van der Waals surface area contributed by atoms with Gasteiger partial charge in [-0.3, -0.25) is 4.79 Å². The topological polar surface area (TPSA) is 69.0 Å². The van der Waals surface area contributed by atoms with Gasteiger partial charge in [-0.15, -0.1) is 5.10 Å². The molecule has 0 saturated carbocycles. The zero-order chi connectivity index (χ0) is 15.9. The fraction of sp³-hybridized carbons (Fsp3) is 0.400. The minimum absolute atomic E-state index is 0.00848. The van der Waals surface area contributed by atoms with Gasteiger partial charge in [-0.2, -0.15) is 0 Å². The summed E-state index contributed by atoms with van der Waals surface area (Å²) in [5.74, 6) is 1.05. The standard InChI is InChI=1S/C15H20N4O2S/c1-4-21-13-8-6-5-7-12(13)19-15(9-16-18-19)22-10-14(20)17-11(2)3/h5-9,11H,4,10H2,1-3H3,(H,17,20). The maximum absolute atomic E-state index is 11.8. The van der Waals surface area contributed by atoms with Gasteiger partial charge >= 0.3 is 0 Å². The van der Waals surface area contributed by atoms with Crippen LogP contribution in [0.15, 0.2) is 35.5 Å². The van der Waals surface area contributed by atoms with E-state index in [1.54, 1.807) is 10.9 Å². The molecule has 0 radical (unpaired) electrons. The van der Waals surface area contributed by atoms with Crippen LogP contribution in [-0.2, 0) is 4.79 Å². The van der Waals surface area contributed by atoms with Gasteiger partial charge in [-0.05, 0) is 32.9 Å². The molecule has 6 nitrogen and oxygen atoms in total. The number of ether oxygens (including phenoxy) is 1. The van der Waals surface area contributed by atoms with Crippen molar-refractivity contribution in [2.75, 3.05) is 12.4 Å². The monoisotopic (exact) mass is 320 g/mol. The predicted octanol–water partition coefficient (Wildman–Crippen LogP) is 2.28. The molecule has 0 spiro atoms. The van der Waals surface area contributed by atoms with Gasteiger partial charge in [0.25, 0.3) is 0 Å². The summed E-state index contributed by atoms with van der Waals surface area (Å²) in [6.07, 6.45) is 1.65. The number of carbonyl (C=O) groups is 1. The van der Waals surface area contributed by atoms with Crippen LogP contribution in [0.25, 0.3) is 5.69 Å². The molecule has 7 heteroatoms. The molecule has 2 aromatic rings. The summed E-state index contributed by atoms with van der Waals surface area (Å²) in [6, 6.07) is 7.77. The third-order valence-corrected chi connectivity index (χ3v) is 3.69. The predicted molar refractivity (Wildman–Crippen MR) is 86.5 cm³/mol. The van der Waals surface area contributed by atoms with Crippen LogP contribution in [0.5, 0.6) is 5.75 Å². The Morgan fingerprint density at radius 3 is 2.91 bits per heavy atom. The number of para-hydroxylation sites is 2. The zero-order valence-corrected chi connectivity index (χ0v) is 13.8. The molecular formula is C15H20N4O2S. The first-order chi connectivity index (χ1) is 10.6. The number of benzene rings is 1. The van der Waals surface area contributed by atoms with E-state index in [0.717, 1.165) is 16.5 Å². The van der Waals surface area contributed by atoms with E-state index in [-0.39, 0.29) is 11.9 Å². The minimum atomic E-state index is -0.00848. The highest BCUT2D eigenvalue weighted by molar-refractivity contribution is 7.99. The summed E-state index contributed by atoms with van der Waals surface area (Å²) >= 11 is 1.40. The van der Waals surface area contributed by atoms with Gasteiger partial charge in [0.2, 0.25) is 5.91 Å². The fourth-order valence-corrected chi connectivity index (χ4v) is 2.64. The fourth-order valence-electron chi connectivity index (χ4n) is 1.90. The molecule has 0 aliphatic rings. The van der Waals surface area contributed by atoms with Crippen molar-refractivity contribution in [3.63, 3.8) is 0 Å². The van der Waals surface area contributed by atoms with E-state index in [9.17, 15) is 4.79 Å².